The molecule has 3 aliphatic heterocycles. The highest BCUT2D eigenvalue weighted by molar-refractivity contribution is 5.96. The first-order valence-corrected chi connectivity index (χ1v) is 20.3. The first-order valence-electron chi connectivity index (χ1n) is 20.3. The smallest absolute Gasteiger partial charge is 0.308 e. The summed E-state index contributed by atoms with van der Waals surface area (Å²) >= 11 is 0. The van der Waals surface area contributed by atoms with E-state index in [0.29, 0.717) is 18.6 Å². The van der Waals surface area contributed by atoms with E-state index >= 15 is 0 Å². The first kappa shape index (κ1) is 50.3. The molecule has 336 valence electrons. The topological polar surface area (TPSA) is 217 Å². The Labute approximate surface area is 344 Å². The molecule has 0 spiro atoms. The summed E-state index contributed by atoms with van der Waals surface area (Å²) in [4.78, 5) is 15.5. The number of esters is 1. The van der Waals surface area contributed by atoms with Crippen molar-refractivity contribution in [2.24, 2.45) is 28.8 Å². The van der Waals surface area contributed by atoms with E-state index in [2.05, 4.69) is 5.16 Å². The Kier molecular flexibility index (Phi) is 20.6. The summed E-state index contributed by atoms with van der Waals surface area (Å²) in [5.41, 5.74) is 1.12. The second-order valence-corrected chi connectivity index (χ2v) is 16.2. The lowest BCUT2D eigenvalue weighted by atomic mass is 9.79. The molecule has 17 nitrogen and oxygen atoms in total. The Morgan fingerprint density at radius 3 is 2.07 bits per heavy atom. The van der Waals surface area contributed by atoms with Gasteiger partial charge in [-0.1, -0.05) is 43.7 Å². The maximum absolute atomic E-state index is 13.8. The lowest BCUT2D eigenvalue weighted by Gasteiger charge is -2.47. The van der Waals surface area contributed by atoms with Crippen molar-refractivity contribution in [2.75, 3.05) is 49.1 Å². The zero-order valence-corrected chi connectivity index (χ0v) is 36.4. The molecule has 3 rings (SSSR count). The summed E-state index contributed by atoms with van der Waals surface area (Å²) < 4.78 is 53.5. The van der Waals surface area contributed by atoms with Crippen molar-refractivity contribution in [3.8, 4) is 0 Å². The van der Waals surface area contributed by atoms with Crippen molar-refractivity contribution >= 4 is 11.7 Å². The molecule has 58 heavy (non-hydrogen) atoms. The molecular formula is C41H72N2O15. The number of methoxy groups -OCH3 is 4. The zero-order chi connectivity index (χ0) is 43.4. The molecule has 3 aliphatic rings. The Morgan fingerprint density at radius 2 is 1.50 bits per heavy atom. The molecule has 0 saturated carbocycles. The average Bonchev–Trinajstić information content (AvgIpc) is 3.18. The minimum Gasteiger partial charge on any atom is -0.462 e. The quantitative estimate of drug-likeness (QED) is 0.0779. The predicted octanol–water partition coefficient (Wildman–Crippen LogP) is 2.24. The molecule has 0 amide bonds. The van der Waals surface area contributed by atoms with Gasteiger partial charge in [-0.05, 0) is 59.7 Å². The molecule has 0 aromatic rings. The van der Waals surface area contributed by atoms with Gasteiger partial charge < -0.3 is 73.2 Å². The van der Waals surface area contributed by atoms with E-state index < -0.39 is 110 Å². The standard InChI is InChI=1S/C41H72N2O15/c1-13-30-27(20-54-41-39(53-12)38(52-11)35(47)25(6)56-41)16-21(2)14-15-28(42-49)22(3)17-26(18-32(50-9)51-10)37(23(4)29(44)19-31(45)57-30)58-40-36(48)33(43(7)8)34(46)24(5)55-40/h14-16,22-27,29-30,32-41,44,46-49H,13,17-20H2,1-12H3/b15-14+,21-16+,42-28-/t22-,23+,24-,25-,26-,27-,29-,30-,33+,34-,35-,36-,37-,38-,39-,40+,41-/m1/s1. The highest BCUT2D eigenvalue weighted by Crippen LogP contribution is 2.36. The Balaban J connectivity index is 2.06. The second-order valence-electron chi connectivity index (χ2n) is 16.2. The van der Waals surface area contributed by atoms with Crippen LogP contribution in [0, 0.1) is 23.7 Å². The van der Waals surface area contributed by atoms with Crippen molar-refractivity contribution in [2.45, 2.75) is 153 Å². The largest absolute Gasteiger partial charge is 0.462 e. The van der Waals surface area contributed by atoms with Crippen LogP contribution in [0.2, 0.25) is 0 Å². The van der Waals surface area contributed by atoms with Crippen LogP contribution in [-0.2, 0) is 47.4 Å². The summed E-state index contributed by atoms with van der Waals surface area (Å²) in [6.45, 7) is 10.8. The van der Waals surface area contributed by atoms with Crippen LogP contribution in [0.3, 0.4) is 0 Å². The van der Waals surface area contributed by atoms with E-state index in [1.807, 2.05) is 26.8 Å². The molecule has 0 bridgehead atoms. The van der Waals surface area contributed by atoms with Crippen molar-refractivity contribution in [1.82, 2.24) is 4.90 Å². The maximum atomic E-state index is 13.8. The molecule has 0 aromatic carbocycles. The first-order chi connectivity index (χ1) is 27.5. The molecule has 2 saturated heterocycles. The normalized spacial score (nSPS) is 42.3. The second kappa shape index (κ2) is 23.8. The molecule has 2 fully saturated rings. The van der Waals surface area contributed by atoms with Crippen LogP contribution in [0.4, 0.5) is 0 Å². The van der Waals surface area contributed by atoms with Gasteiger partial charge in [-0.2, -0.15) is 0 Å². The van der Waals surface area contributed by atoms with Crippen LogP contribution < -0.4 is 0 Å². The molecule has 0 radical (unpaired) electrons. The Hall–Kier alpha value is -2.10. The van der Waals surface area contributed by atoms with Gasteiger partial charge in [0.2, 0.25) is 0 Å². The van der Waals surface area contributed by atoms with Gasteiger partial charge in [0.15, 0.2) is 18.9 Å². The van der Waals surface area contributed by atoms with E-state index in [1.165, 1.54) is 28.4 Å². The maximum Gasteiger partial charge on any atom is 0.308 e. The molecule has 17 atom stereocenters. The number of cyclic esters (lactones) is 1. The van der Waals surface area contributed by atoms with Gasteiger partial charge in [0.05, 0.1) is 55.3 Å². The summed E-state index contributed by atoms with van der Waals surface area (Å²) in [7, 11) is 9.46. The number of ether oxygens (including phenoxy) is 9. The molecule has 3 heterocycles. The lowest BCUT2D eigenvalue weighted by Crippen LogP contribution is -2.63. The van der Waals surface area contributed by atoms with Crippen molar-refractivity contribution < 1.29 is 73.1 Å². The van der Waals surface area contributed by atoms with E-state index in [9.17, 15) is 30.4 Å². The van der Waals surface area contributed by atoms with Gasteiger partial charge in [0.25, 0.3) is 0 Å². The highest BCUT2D eigenvalue weighted by atomic mass is 16.7. The molecular weight excluding hydrogens is 760 g/mol. The van der Waals surface area contributed by atoms with Crippen LogP contribution in [-0.4, -0.2) is 177 Å². The van der Waals surface area contributed by atoms with Gasteiger partial charge in [-0.15, -0.1) is 0 Å². The minimum atomic E-state index is -1.28. The van der Waals surface area contributed by atoms with E-state index in [-0.39, 0.29) is 25.4 Å². The number of hydrogen-bond acceptors (Lipinski definition) is 17. The number of aliphatic hydroxyl groups is 4. The van der Waals surface area contributed by atoms with Crippen molar-refractivity contribution in [1.29, 1.82) is 0 Å². The summed E-state index contributed by atoms with van der Waals surface area (Å²) in [6, 6.07) is -0.725. The number of carbonyl (C=O) groups is 1. The Morgan fingerprint density at radius 1 is 0.879 bits per heavy atom. The summed E-state index contributed by atoms with van der Waals surface area (Å²) in [5.74, 6) is -2.76. The molecule has 5 N–H and O–H groups in total. The van der Waals surface area contributed by atoms with Gasteiger partial charge in [0.1, 0.15) is 30.5 Å². The number of likely N-dealkylation sites (N-methyl/N-ethyl adjacent to an activating group) is 1. The monoisotopic (exact) mass is 832 g/mol. The lowest BCUT2D eigenvalue weighted by molar-refractivity contribution is -0.305. The molecule has 0 unspecified atom stereocenters. The zero-order valence-electron chi connectivity index (χ0n) is 36.4. The number of rotatable bonds is 13. The van der Waals surface area contributed by atoms with Gasteiger partial charge >= 0.3 is 5.97 Å². The highest BCUT2D eigenvalue weighted by Gasteiger charge is 2.48. The van der Waals surface area contributed by atoms with Gasteiger partial charge in [-0.25, -0.2) is 0 Å². The van der Waals surface area contributed by atoms with Crippen LogP contribution in [0.5, 0.6) is 0 Å². The van der Waals surface area contributed by atoms with E-state index in [4.69, 9.17) is 42.6 Å². The minimum absolute atomic E-state index is 0.0274. The third-order valence-electron chi connectivity index (χ3n) is 11.9. The van der Waals surface area contributed by atoms with E-state index in [0.717, 1.165) is 5.57 Å². The van der Waals surface area contributed by atoms with Gasteiger partial charge in [-0.3, -0.25) is 4.79 Å². The molecule has 0 aliphatic carbocycles. The molecule has 0 aromatic heterocycles. The Bertz CT molecular complexity index is 1330. The average molecular weight is 833 g/mol. The molecule has 17 heteroatoms. The van der Waals surface area contributed by atoms with Crippen LogP contribution in [0.25, 0.3) is 0 Å². The van der Waals surface area contributed by atoms with Gasteiger partial charge in [0, 0.05) is 52.6 Å². The third-order valence-corrected chi connectivity index (χ3v) is 11.9. The van der Waals surface area contributed by atoms with Crippen molar-refractivity contribution in [3.05, 3.63) is 23.8 Å². The summed E-state index contributed by atoms with van der Waals surface area (Å²) in [6.07, 6.45) is -5.67. The SMILES string of the molecule is CC[C@H]1OC(=O)C[C@@H](O)[C@H](C)[C@@H](O[C@@H]2O[C@H](C)[C@@H](O)[C@H](N(C)C)[C@H]2O)[C@@H](CC(OC)OC)C[C@@H](C)C(=N\O)/C=C/C(C)=C/[C@@H]1CO[C@@H]1O[C@H](C)[C@@H](O)[C@@H](OC)[C@H]1OC. The fourth-order valence-corrected chi connectivity index (χ4v) is 8.31. The fourth-order valence-electron chi connectivity index (χ4n) is 8.31. The number of aliphatic hydroxyl groups excluding tert-OH is 4. The van der Waals surface area contributed by atoms with Crippen molar-refractivity contribution in [3.63, 3.8) is 0 Å². The predicted molar refractivity (Wildman–Crippen MR) is 212 cm³/mol. The number of oxime groups is 1. The number of hydrogen-bond donors (Lipinski definition) is 5. The number of carbonyl (C=O) groups excluding carboxylic acids is 1. The third kappa shape index (κ3) is 13.0. The number of allylic oxidation sites excluding steroid dienone is 3. The summed E-state index contributed by atoms with van der Waals surface area (Å²) in [5, 5.41) is 58.8. The van der Waals surface area contributed by atoms with Crippen LogP contribution >= 0.6 is 0 Å². The number of nitrogens with zero attached hydrogens (tertiary/aromatic N) is 2. The van der Waals surface area contributed by atoms with Crippen LogP contribution in [0.1, 0.15) is 67.2 Å². The van der Waals surface area contributed by atoms with E-state index in [1.54, 1.807) is 51.9 Å². The fraction of sp³-hybridized carbons (Fsp3) is 0.854. The van der Waals surface area contributed by atoms with Crippen LogP contribution in [0.15, 0.2) is 29.0 Å².